The van der Waals surface area contributed by atoms with Gasteiger partial charge in [0.1, 0.15) is 0 Å². The van der Waals surface area contributed by atoms with Gasteiger partial charge in [0.05, 0.1) is 12.0 Å². The molecule has 1 amide bonds. The lowest BCUT2D eigenvalue weighted by Gasteiger charge is -2.34. The Hall–Kier alpha value is -1.10. The zero-order valence-corrected chi connectivity index (χ0v) is 10.5. The van der Waals surface area contributed by atoms with Crippen LogP contribution in [0.5, 0.6) is 0 Å². The van der Waals surface area contributed by atoms with Gasteiger partial charge in [-0.1, -0.05) is 6.42 Å². The molecule has 1 aliphatic carbocycles. The minimum Gasteiger partial charge on any atom is -0.481 e. The van der Waals surface area contributed by atoms with Crippen LogP contribution in [0.3, 0.4) is 0 Å². The maximum absolute atomic E-state index is 12.3. The van der Waals surface area contributed by atoms with E-state index in [9.17, 15) is 14.7 Å². The van der Waals surface area contributed by atoms with Crippen molar-refractivity contribution in [2.24, 2.45) is 11.8 Å². The summed E-state index contributed by atoms with van der Waals surface area (Å²) >= 11 is 0. The number of carboxylic acid groups (broad SMARTS) is 1. The summed E-state index contributed by atoms with van der Waals surface area (Å²) in [6.45, 7) is 1.21. The van der Waals surface area contributed by atoms with E-state index in [2.05, 4.69) is 0 Å². The number of aliphatic hydroxyl groups is 1. The average molecular weight is 255 g/mol. The molecule has 2 N–H and O–H groups in total. The second kappa shape index (κ2) is 5.69. The molecule has 2 fully saturated rings. The third-order valence-electron chi connectivity index (χ3n) is 4.15. The minimum absolute atomic E-state index is 0.0906. The maximum Gasteiger partial charge on any atom is 0.306 e. The molecular formula is C13H21NO4. The van der Waals surface area contributed by atoms with Gasteiger partial charge in [0.25, 0.3) is 0 Å². The van der Waals surface area contributed by atoms with Crippen LogP contribution in [0.4, 0.5) is 0 Å². The molecule has 1 aliphatic heterocycles. The lowest BCUT2D eigenvalue weighted by Crippen LogP contribution is -2.44. The number of aliphatic hydroxyl groups excluding tert-OH is 1. The lowest BCUT2D eigenvalue weighted by atomic mass is 9.80. The highest BCUT2D eigenvalue weighted by Gasteiger charge is 2.34. The van der Waals surface area contributed by atoms with Crippen LogP contribution in [0.15, 0.2) is 0 Å². The van der Waals surface area contributed by atoms with E-state index in [0.29, 0.717) is 38.8 Å². The van der Waals surface area contributed by atoms with Gasteiger partial charge >= 0.3 is 5.97 Å². The van der Waals surface area contributed by atoms with E-state index in [4.69, 9.17) is 5.11 Å². The Morgan fingerprint density at radius 2 is 1.61 bits per heavy atom. The first-order valence-electron chi connectivity index (χ1n) is 6.77. The van der Waals surface area contributed by atoms with Gasteiger partial charge in [-0.2, -0.15) is 0 Å². The van der Waals surface area contributed by atoms with Crippen LogP contribution in [0.25, 0.3) is 0 Å². The van der Waals surface area contributed by atoms with Gasteiger partial charge in [0, 0.05) is 19.0 Å². The molecule has 102 valence electrons. The molecule has 0 aromatic heterocycles. The molecule has 5 nitrogen and oxygen atoms in total. The number of rotatable bonds is 2. The number of carbonyl (C=O) groups is 2. The molecule has 0 radical (unpaired) electrons. The Kier molecular flexibility index (Phi) is 4.22. The molecule has 2 unspecified atom stereocenters. The SMILES string of the molecule is O=C(O)C1CCCC(C(=O)N2CCC(O)CC2)C1. The second-order valence-electron chi connectivity index (χ2n) is 5.46. The van der Waals surface area contributed by atoms with Crippen molar-refractivity contribution in [3.63, 3.8) is 0 Å². The molecule has 5 heteroatoms. The smallest absolute Gasteiger partial charge is 0.306 e. The molecule has 1 saturated heterocycles. The van der Waals surface area contributed by atoms with Gasteiger partial charge in [0.15, 0.2) is 0 Å². The van der Waals surface area contributed by atoms with Crippen molar-refractivity contribution in [3.8, 4) is 0 Å². The zero-order valence-electron chi connectivity index (χ0n) is 10.5. The Bertz CT molecular complexity index is 323. The van der Waals surface area contributed by atoms with E-state index in [1.54, 1.807) is 4.90 Å². The highest BCUT2D eigenvalue weighted by molar-refractivity contribution is 5.80. The van der Waals surface area contributed by atoms with Crippen molar-refractivity contribution in [2.45, 2.75) is 44.6 Å². The lowest BCUT2D eigenvalue weighted by molar-refractivity contribution is -0.146. The third-order valence-corrected chi connectivity index (χ3v) is 4.15. The van der Waals surface area contributed by atoms with E-state index in [1.165, 1.54) is 0 Å². The predicted molar refractivity (Wildman–Crippen MR) is 64.9 cm³/mol. The molecule has 0 aromatic carbocycles. The fraction of sp³-hybridized carbons (Fsp3) is 0.846. The maximum atomic E-state index is 12.3. The van der Waals surface area contributed by atoms with E-state index in [-0.39, 0.29) is 23.8 Å². The molecule has 1 heterocycles. The summed E-state index contributed by atoms with van der Waals surface area (Å²) in [5.74, 6) is -1.17. The van der Waals surface area contributed by atoms with Crippen LogP contribution < -0.4 is 0 Å². The Morgan fingerprint density at radius 1 is 1.00 bits per heavy atom. The Balaban J connectivity index is 1.90. The minimum atomic E-state index is -0.776. The molecule has 2 atom stereocenters. The van der Waals surface area contributed by atoms with Crippen molar-refractivity contribution < 1.29 is 19.8 Å². The molecule has 2 aliphatic rings. The zero-order chi connectivity index (χ0) is 13.1. The van der Waals surface area contributed by atoms with Crippen molar-refractivity contribution in [1.29, 1.82) is 0 Å². The number of hydrogen-bond donors (Lipinski definition) is 2. The van der Waals surface area contributed by atoms with Gasteiger partial charge in [-0.25, -0.2) is 0 Å². The van der Waals surface area contributed by atoms with E-state index in [0.717, 1.165) is 12.8 Å². The molecule has 1 saturated carbocycles. The van der Waals surface area contributed by atoms with Crippen LogP contribution in [0, 0.1) is 11.8 Å². The van der Waals surface area contributed by atoms with Gasteiger partial charge in [-0.15, -0.1) is 0 Å². The van der Waals surface area contributed by atoms with Gasteiger partial charge in [-0.3, -0.25) is 9.59 Å². The fourth-order valence-electron chi connectivity index (χ4n) is 2.98. The summed E-state index contributed by atoms with van der Waals surface area (Å²) in [4.78, 5) is 25.1. The van der Waals surface area contributed by atoms with Gasteiger partial charge < -0.3 is 15.1 Å². The summed E-state index contributed by atoms with van der Waals surface area (Å²) in [6, 6.07) is 0. The number of carbonyl (C=O) groups excluding carboxylic acids is 1. The van der Waals surface area contributed by atoms with Crippen LogP contribution in [0.2, 0.25) is 0 Å². The second-order valence-corrected chi connectivity index (χ2v) is 5.46. The number of aliphatic carboxylic acids is 1. The molecule has 0 spiro atoms. The van der Waals surface area contributed by atoms with Gasteiger partial charge in [0.2, 0.25) is 5.91 Å². The summed E-state index contributed by atoms with van der Waals surface area (Å²) in [7, 11) is 0. The Morgan fingerprint density at radius 3 is 2.22 bits per heavy atom. The first-order valence-corrected chi connectivity index (χ1v) is 6.77. The number of piperidine rings is 1. The highest BCUT2D eigenvalue weighted by atomic mass is 16.4. The summed E-state index contributed by atoms with van der Waals surface area (Å²) in [6.07, 6.45) is 3.80. The summed E-state index contributed by atoms with van der Waals surface area (Å²) in [5, 5.41) is 18.4. The normalized spacial score (nSPS) is 30.2. The van der Waals surface area contributed by atoms with Crippen LogP contribution in [-0.2, 0) is 9.59 Å². The van der Waals surface area contributed by atoms with Crippen molar-refractivity contribution >= 4 is 11.9 Å². The number of likely N-dealkylation sites (tertiary alicyclic amines) is 1. The topological polar surface area (TPSA) is 77.8 Å². The summed E-state index contributed by atoms with van der Waals surface area (Å²) < 4.78 is 0. The highest BCUT2D eigenvalue weighted by Crippen LogP contribution is 2.31. The number of amides is 1. The number of hydrogen-bond acceptors (Lipinski definition) is 3. The first kappa shape index (κ1) is 13.3. The van der Waals surface area contributed by atoms with Crippen molar-refractivity contribution in [2.75, 3.05) is 13.1 Å². The average Bonchev–Trinajstić information content (AvgIpc) is 2.39. The summed E-state index contributed by atoms with van der Waals surface area (Å²) in [5.41, 5.74) is 0. The molecule has 0 bridgehead atoms. The number of carboxylic acids is 1. The largest absolute Gasteiger partial charge is 0.481 e. The van der Waals surface area contributed by atoms with Crippen LogP contribution in [-0.4, -0.2) is 46.2 Å². The Labute approximate surface area is 107 Å². The number of nitrogens with zero attached hydrogens (tertiary/aromatic N) is 1. The molecule has 0 aromatic rings. The van der Waals surface area contributed by atoms with Crippen molar-refractivity contribution in [1.82, 2.24) is 4.90 Å². The molecule has 2 rings (SSSR count). The fourth-order valence-corrected chi connectivity index (χ4v) is 2.98. The molecule has 18 heavy (non-hydrogen) atoms. The predicted octanol–water partition coefficient (Wildman–Crippen LogP) is 0.861. The first-order chi connectivity index (χ1) is 8.58. The van der Waals surface area contributed by atoms with E-state index >= 15 is 0 Å². The van der Waals surface area contributed by atoms with Crippen molar-refractivity contribution in [3.05, 3.63) is 0 Å². The van der Waals surface area contributed by atoms with Gasteiger partial charge in [-0.05, 0) is 32.1 Å². The molecular weight excluding hydrogens is 234 g/mol. The van der Waals surface area contributed by atoms with Crippen LogP contribution >= 0.6 is 0 Å². The standard InChI is InChI=1S/C13H21NO4/c15-11-4-6-14(7-5-11)12(16)9-2-1-3-10(8-9)13(17)18/h9-11,15H,1-8H2,(H,17,18). The third kappa shape index (κ3) is 3.02. The van der Waals surface area contributed by atoms with E-state index in [1.807, 2.05) is 0 Å². The van der Waals surface area contributed by atoms with Crippen LogP contribution in [0.1, 0.15) is 38.5 Å². The quantitative estimate of drug-likeness (QED) is 0.767. The van der Waals surface area contributed by atoms with E-state index < -0.39 is 5.97 Å². The monoisotopic (exact) mass is 255 g/mol.